The molecule has 1 aromatic heterocycles. The lowest BCUT2D eigenvalue weighted by Gasteiger charge is -2.08. The number of rotatable bonds is 7. The highest BCUT2D eigenvalue weighted by Crippen LogP contribution is 2.24. The second kappa shape index (κ2) is 9.27. The first-order chi connectivity index (χ1) is 15.9. The lowest BCUT2D eigenvalue weighted by atomic mass is 10.2. The van der Waals surface area contributed by atoms with E-state index in [1.54, 1.807) is 24.3 Å². The fourth-order valence-electron chi connectivity index (χ4n) is 3.11. The molecule has 4 rings (SSSR count). The SMILES string of the molecule is CCOc1ccc(-n2nc(C(=O)Nc3cccc([N+](=O)[O-])c3)nc2-c2ccc(F)cc2)cc1. The number of nitro groups is 1. The highest BCUT2D eigenvalue weighted by molar-refractivity contribution is 6.02. The Morgan fingerprint density at radius 3 is 2.52 bits per heavy atom. The fourth-order valence-corrected chi connectivity index (χ4v) is 3.11. The Labute approximate surface area is 187 Å². The van der Waals surface area contributed by atoms with Gasteiger partial charge in [-0.2, -0.15) is 0 Å². The summed E-state index contributed by atoms with van der Waals surface area (Å²) in [6, 6.07) is 18.2. The van der Waals surface area contributed by atoms with Crippen LogP contribution < -0.4 is 10.1 Å². The lowest BCUT2D eigenvalue weighted by molar-refractivity contribution is -0.384. The van der Waals surface area contributed by atoms with Crippen LogP contribution in [0.25, 0.3) is 17.1 Å². The number of benzene rings is 3. The molecule has 0 aliphatic rings. The van der Waals surface area contributed by atoms with Crippen LogP contribution in [0.5, 0.6) is 5.75 Å². The molecule has 0 unspecified atom stereocenters. The highest BCUT2D eigenvalue weighted by atomic mass is 19.1. The van der Waals surface area contributed by atoms with Gasteiger partial charge in [0.05, 0.1) is 17.2 Å². The number of non-ortho nitro benzene ring substituents is 1. The quantitative estimate of drug-likeness (QED) is 0.326. The van der Waals surface area contributed by atoms with Gasteiger partial charge in [-0.15, -0.1) is 5.10 Å². The molecule has 9 nitrogen and oxygen atoms in total. The zero-order valence-electron chi connectivity index (χ0n) is 17.4. The van der Waals surface area contributed by atoms with Crippen molar-refractivity contribution in [2.45, 2.75) is 6.92 Å². The first-order valence-corrected chi connectivity index (χ1v) is 9.96. The molecule has 3 aromatic carbocycles. The van der Waals surface area contributed by atoms with E-state index in [9.17, 15) is 19.3 Å². The Morgan fingerprint density at radius 2 is 1.85 bits per heavy atom. The Morgan fingerprint density at radius 1 is 1.12 bits per heavy atom. The van der Waals surface area contributed by atoms with E-state index in [0.717, 1.165) is 0 Å². The number of carbonyl (C=O) groups excluding carboxylic acids is 1. The van der Waals surface area contributed by atoms with Gasteiger partial charge in [0.1, 0.15) is 11.6 Å². The van der Waals surface area contributed by atoms with Gasteiger partial charge in [-0.05, 0) is 61.5 Å². The molecule has 33 heavy (non-hydrogen) atoms. The van der Waals surface area contributed by atoms with Crippen molar-refractivity contribution in [3.05, 3.63) is 94.6 Å². The molecule has 0 atom stereocenters. The number of anilines is 1. The van der Waals surface area contributed by atoms with Crippen LogP contribution in [0.2, 0.25) is 0 Å². The third-order valence-corrected chi connectivity index (χ3v) is 4.62. The van der Waals surface area contributed by atoms with E-state index in [2.05, 4.69) is 15.4 Å². The van der Waals surface area contributed by atoms with Crippen LogP contribution >= 0.6 is 0 Å². The predicted molar refractivity (Wildman–Crippen MR) is 119 cm³/mol. The number of ether oxygens (including phenoxy) is 1. The summed E-state index contributed by atoms with van der Waals surface area (Å²) in [7, 11) is 0. The number of carbonyl (C=O) groups is 1. The molecule has 0 saturated carbocycles. The van der Waals surface area contributed by atoms with E-state index in [4.69, 9.17) is 4.74 Å². The number of amides is 1. The van der Waals surface area contributed by atoms with E-state index in [-0.39, 0.29) is 17.2 Å². The van der Waals surface area contributed by atoms with Gasteiger partial charge >= 0.3 is 0 Å². The monoisotopic (exact) mass is 447 g/mol. The summed E-state index contributed by atoms with van der Waals surface area (Å²) in [5.74, 6) is -0.218. The molecule has 1 N–H and O–H groups in total. The molecule has 1 amide bonds. The largest absolute Gasteiger partial charge is 0.494 e. The zero-order valence-corrected chi connectivity index (χ0v) is 17.4. The summed E-state index contributed by atoms with van der Waals surface area (Å²) < 4.78 is 20.4. The second-order valence-corrected chi connectivity index (χ2v) is 6.87. The molecular formula is C23H18FN5O4. The lowest BCUT2D eigenvalue weighted by Crippen LogP contribution is -2.14. The van der Waals surface area contributed by atoms with Crippen LogP contribution in [0.4, 0.5) is 15.8 Å². The maximum atomic E-state index is 13.4. The molecule has 0 aliphatic carbocycles. The van der Waals surface area contributed by atoms with E-state index in [0.29, 0.717) is 29.4 Å². The van der Waals surface area contributed by atoms with Crippen molar-refractivity contribution >= 4 is 17.3 Å². The van der Waals surface area contributed by atoms with E-state index >= 15 is 0 Å². The Kier molecular flexibility index (Phi) is 6.07. The summed E-state index contributed by atoms with van der Waals surface area (Å²) >= 11 is 0. The van der Waals surface area contributed by atoms with Crippen LogP contribution in [0.3, 0.4) is 0 Å². The summed E-state index contributed by atoms with van der Waals surface area (Å²) in [4.78, 5) is 27.6. The number of nitro benzene ring substituents is 1. The first kappa shape index (κ1) is 21.6. The number of hydrogen-bond acceptors (Lipinski definition) is 6. The summed E-state index contributed by atoms with van der Waals surface area (Å²) in [5.41, 5.74) is 1.23. The van der Waals surface area contributed by atoms with Crippen molar-refractivity contribution in [2.24, 2.45) is 0 Å². The fraction of sp³-hybridized carbons (Fsp3) is 0.0870. The van der Waals surface area contributed by atoms with E-state index in [1.165, 1.54) is 53.2 Å². The minimum Gasteiger partial charge on any atom is -0.494 e. The summed E-state index contributed by atoms with van der Waals surface area (Å²) in [6.07, 6.45) is 0. The highest BCUT2D eigenvalue weighted by Gasteiger charge is 2.20. The van der Waals surface area contributed by atoms with Gasteiger partial charge in [0.25, 0.3) is 11.6 Å². The van der Waals surface area contributed by atoms with Crippen LogP contribution in [0.15, 0.2) is 72.8 Å². The molecule has 4 aromatic rings. The predicted octanol–water partition coefficient (Wildman–Crippen LogP) is 4.63. The number of halogens is 1. The standard InChI is InChI=1S/C23H18FN5O4/c1-2-33-20-12-10-18(11-13-20)28-22(15-6-8-16(24)9-7-15)26-21(27-28)23(30)25-17-4-3-5-19(14-17)29(31)32/h3-14H,2H2,1H3,(H,25,30). The molecular weight excluding hydrogens is 429 g/mol. The molecule has 0 spiro atoms. The van der Waals surface area contributed by atoms with Gasteiger partial charge in [-0.25, -0.2) is 14.1 Å². The Bertz CT molecular complexity index is 1300. The molecule has 0 bridgehead atoms. The minimum atomic E-state index is -0.649. The molecule has 0 fully saturated rings. The van der Waals surface area contributed by atoms with Crippen LogP contribution in [0.1, 0.15) is 17.5 Å². The summed E-state index contributed by atoms with van der Waals surface area (Å²) in [6.45, 7) is 2.40. The topological polar surface area (TPSA) is 112 Å². The van der Waals surface area contributed by atoms with Crippen molar-refractivity contribution in [3.63, 3.8) is 0 Å². The molecule has 1 heterocycles. The number of hydrogen-bond donors (Lipinski definition) is 1. The average molecular weight is 447 g/mol. The summed E-state index contributed by atoms with van der Waals surface area (Å²) in [5, 5.41) is 17.9. The molecule has 0 radical (unpaired) electrons. The van der Waals surface area contributed by atoms with Gasteiger partial charge in [0.15, 0.2) is 5.82 Å². The molecule has 0 saturated heterocycles. The van der Waals surface area contributed by atoms with Crippen molar-refractivity contribution in [2.75, 3.05) is 11.9 Å². The van der Waals surface area contributed by atoms with Gasteiger partial charge in [0, 0.05) is 23.4 Å². The number of aromatic nitrogens is 3. The van der Waals surface area contributed by atoms with Crippen molar-refractivity contribution in [1.29, 1.82) is 0 Å². The van der Waals surface area contributed by atoms with Crippen LogP contribution in [-0.2, 0) is 0 Å². The Balaban J connectivity index is 1.71. The molecule has 10 heteroatoms. The van der Waals surface area contributed by atoms with Gasteiger partial charge in [-0.1, -0.05) is 6.07 Å². The second-order valence-electron chi connectivity index (χ2n) is 6.87. The third-order valence-electron chi connectivity index (χ3n) is 4.62. The van der Waals surface area contributed by atoms with E-state index in [1.807, 2.05) is 6.92 Å². The van der Waals surface area contributed by atoms with Crippen LogP contribution in [-0.4, -0.2) is 32.2 Å². The van der Waals surface area contributed by atoms with Crippen molar-refractivity contribution in [1.82, 2.24) is 14.8 Å². The van der Waals surface area contributed by atoms with Crippen molar-refractivity contribution in [3.8, 4) is 22.8 Å². The van der Waals surface area contributed by atoms with Crippen molar-refractivity contribution < 1.29 is 18.8 Å². The molecule has 0 aliphatic heterocycles. The van der Waals surface area contributed by atoms with Gasteiger partial charge in [-0.3, -0.25) is 14.9 Å². The first-order valence-electron chi connectivity index (χ1n) is 9.96. The third kappa shape index (κ3) is 4.85. The average Bonchev–Trinajstić information content (AvgIpc) is 3.26. The zero-order chi connectivity index (χ0) is 23.4. The number of nitrogens with one attached hydrogen (secondary N) is 1. The smallest absolute Gasteiger partial charge is 0.295 e. The maximum Gasteiger partial charge on any atom is 0.295 e. The van der Waals surface area contributed by atoms with Crippen LogP contribution in [0, 0.1) is 15.9 Å². The number of nitrogens with zero attached hydrogens (tertiary/aromatic N) is 4. The van der Waals surface area contributed by atoms with E-state index < -0.39 is 16.6 Å². The normalized spacial score (nSPS) is 10.6. The maximum absolute atomic E-state index is 13.4. The minimum absolute atomic E-state index is 0.158. The Hall–Kier alpha value is -4.60. The van der Waals surface area contributed by atoms with Gasteiger partial charge in [0.2, 0.25) is 5.82 Å². The molecule has 166 valence electrons. The van der Waals surface area contributed by atoms with Gasteiger partial charge < -0.3 is 10.1 Å².